The van der Waals surface area contributed by atoms with Crippen LogP contribution in [0.1, 0.15) is 43.5 Å². The maximum Gasteiger partial charge on any atom is 0.237 e. The molecule has 0 radical (unpaired) electrons. The fourth-order valence-corrected chi connectivity index (χ4v) is 2.51. The first-order valence-electron chi connectivity index (χ1n) is 6.62. The van der Waals surface area contributed by atoms with E-state index in [1.807, 2.05) is 27.1 Å². The number of rotatable bonds is 3. The molecule has 1 aromatic rings. The van der Waals surface area contributed by atoms with Gasteiger partial charge in [-0.15, -0.1) is 12.4 Å². The third-order valence-corrected chi connectivity index (χ3v) is 3.50. The molecule has 0 spiro atoms. The molecule has 6 heteroatoms. The zero-order chi connectivity index (χ0) is 13.1. The average Bonchev–Trinajstić information content (AvgIpc) is 2.69. The van der Waals surface area contributed by atoms with E-state index >= 15 is 0 Å². The van der Waals surface area contributed by atoms with Crippen LogP contribution in [0.15, 0.2) is 6.20 Å². The summed E-state index contributed by atoms with van der Waals surface area (Å²) in [4.78, 5) is 12.1. The Bertz CT molecular complexity index is 426. The lowest BCUT2D eigenvalue weighted by atomic mass is 10.0. The predicted octanol–water partition coefficient (Wildman–Crippen LogP) is 1.47. The Morgan fingerprint density at radius 3 is 2.84 bits per heavy atom. The van der Waals surface area contributed by atoms with Crippen molar-refractivity contribution in [3.8, 4) is 0 Å². The average molecular weight is 287 g/mol. The number of hydrogen-bond acceptors (Lipinski definition) is 3. The second kappa shape index (κ2) is 6.91. The number of carbonyl (C=O) groups is 1. The summed E-state index contributed by atoms with van der Waals surface area (Å²) in [6, 6.07) is -0.0203. The lowest BCUT2D eigenvalue weighted by Crippen LogP contribution is -2.47. The highest BCUT2D eigenvalue weighted by atomic mass is 35.5. The minimum Gasteiger partial charge on any atom is -0.348 e. The lowest BCUT2D eigenvalue weighted by molar-refractivity contribution is -0.124. The number of aromatic nitrogens is 2. The van der Waals surface area contributed by atoms with E-state index < -0.39 is 0 Å². The van der Waals surface area contributed by atoms with Crippen LogP contribution in [0, 0.1) is 6.92 Å². The zero-order valence-electron chi connectivity index (χ0n) is 11.8. The SMILES string of the molecule is Cc1nn(C)cc1C(C)NC(=O)C1CCCCN1.Cl. The van der Waals surface area contributed by atoms with Crippen LogP contribution in [-0.4, -0.2) is 28.3 Å². The Labute approximate surface area is 120 Å². The fraction of sp³-hybridized carbons (Fsp3) is 0.692. The number of carbonyl (C=O) groups excluding carboxylic acids is 1. The van der Waals surface area contributed by atoms with Gasteiger partial charge in [-0.25, -0.2) is 0 Å². The Balaban J connectivity index is 0.00000180. The monoisotopic (exact) mass is 286 g/mol. The van der Waals surface area contributed by atoms with E-state index in [0.717, 1.165) is 30.6 Å². The van der Waals surface area contributed by atoms with Gasteiger partial charge in [0.2, 0.25) is 5.91 Å². The summed E-state index contributed by atoms with van der Waals surface area (Å²) in [5, 5.41) is 10.6. The molecule has 2 unspecified atom stereocenters. The first kappa shape index (κ1) is 16.0. The molecular weight excluding hydrogens is 264 g/mol. The van der Waals surface area contributed by atoms with Crippen molar-refractivity contribution in [3.05, 3.63) is 17.5 Å². The molecule has 2 atom stereocenters. The Morgan fingerprint density at radius 1 is 1.58 bits per heavy atom. The maximum atomic E-state index is 12.1. The van der Waals surface area contributed by atoms with E-state index in [1.54, 1.807) is 4.68 Å². The molecule has 2 heterocycles. The van der Waals surface area contributed by atoms with Crippen LogP contribution in [0.4, 0.5) is 0 Å². The topological polar surface area (TPSA) is 59.0 Å². The van der Waals surface area contributed by atoms with Gasteiger partial charge in [0.1, 0.15) is 0 Å². The standard InChI is InChI=1S/C13H22N4O.ClH/c1-9(11-8-17(3)16-10(11)2)15-13(18)12-6-4-5-7-14-12;/h8-9,12,14H,4-7H2,1-3H3,(H,15,18);1H. The Hall–Kier alpha value is -1.07. The van der Waals surface area contributed by atoms with Crippen molar-refractivity contribution in [3.63, 3.8) is 0 Å². The molecule has 0 aromatic carbocycles. The zero-order valence-corrected chi connectivity index (χ0v) is 12.6. The highest BCUT2D eigenvalue weighted by molar-refractivity contribution is 5.85. The summed E-state index contributed by atoms with van der Waals surface area (Å²) in [6.45, 7) is 4.92. The molecule has 0 aliphatic carbocycles. The number of piperidine rings is 1. The highest BCUT2D eigenvalue weighted by Crippen LogP contribution is 2.16. The lowest BCUT2D eigenvalue weighted by Gasteiger charge is -2.24. The van der Waals surface area contributed by atoms with Crippen molar-refractivity contribution in [2.75, 3.05) is 6.54 Å². The summed E-state index contributed by atoms with van der Waals surface area (Å²) in [5.74, 6) is 0.102. The summed E-state index contributed by atoms with van der Waals surface area (Å²) < 4.78 is 1.78. The Morgan fingerprint density at radius 2 is 2.32 bits per heavy atom. The minimum atomic E-state index is -0.0295. The largest absolute Gasteiger partial charge is 0.348 e. The van der Waals surface area contributed by atoms with E-state index in [1.165, 1.54) is 6.42 Å². The number of aryl methyl sites for hydroxylation is 2. The van der Waals surface area contributed by atoms with Crippen molar-refractivity contribution in [2.45, 2.75) is 45.2 Å². The molecule has 108 valence electrons. The molecule has 1 saturated heterocycles. The fourth-order valence-electron chi connectivity index (χ4n) is 2.51. The molecule has 2 rings (SSSR count). The van der Waals surface area contributed by atoms with E-state index in [2.05, 4.69) is 15.7 Å². The second-order valence-electron chi connectivity index (χ2n) is 5.08. The molecule has 1 aromatic heterocycles. The normalized spacial score (nSPS) is 20.5. The van der Waals surface area contributed by atoms with Crippen molar-refractivity contribution in [2.24, 2.45) is 7.05 Å². The summed E-state index contributed by atoms with van der Waals surface area (Å²) in [5.41, 5.74) is 2.06. The molecule has 1 aliphatic rings. The van der Waals surface area contributed by atoms with E-state index in [4.69, 9.17) is 0 Å². The van der Waals surface area contributed by atoms with Gasteiger partial charge in [-0.3, -0.25) is 9.48 Å². The van der Waals surface area contributed by atoms with Crippen LogP contribution in [0.3, 0.4) is 0 Å². The van der Waals surface area contributed by atoms with Crippen LogP contribution >= 0.6 is 12.4 Å². The maximum absolute atomic E-state index is 12.1. The molecule has 1 aliphatic heterocycles. The third kappa shape index (κ3) is 3.94. The van der Waals surface area contributed by atoms with Crippen LogP contribution in [0.25, 0.3) is 0 Å². The molecule has 5 nitrogen and oxygen atoms in total. The van der Waals surface area contributed by atoms with Crippen molar-refractivity contribution >= 4 is 18.3 Å². The molecule has 1 amide bonds. The van der Waals surface area contributed by atoms with Crippen LogP contribution in [-0.2, 0) is 11.8 Å². The minimum absolute atomic E-state index is 0. The van der Waals surface area contributed by atoms with Gasteiger partial charge in [0.15, 0.2) is 0 Å². The number of hydrogen-bond donors (Lipinski definition) is 2. The van der Waals surface area contributed by atoms with Gasteiger partial charge in [-0.2, -0.15) is 5.10 Å². The number of nitrogens with zero attached hydrogens (tertiary/aromatic N) is 2. The van der Waals surface area contributed by atoms with Crippen molar-refractivity contribution in [1.29, 1.82) is 0 Å². The molecule has 1 fully saturated rings. The Kier molecular flexibility index (Phi) is 5.82. The molecule has 19 heavy (non-hydrogen) atoms. The smallest absolute Gasteiger partial charge is 0.237 e. The second-order valence-corrected chi connectivity index (χ2v) is 5.08. The molecule has 2 N–H and O–H groups in total. The van der Waals surface area contributed by atoms with Gasteiger partial charge < -0.3 is 10.6 Å². The van der Waals surface area contributed by atoms with E-state index in [-0.39, 0.29) is 30.4 Å². The first-order valence-corrected chi connectivity index (χ1v) is 6.62. The van der Waals surface area contributed by atoms with E-state index in [9.17, 15) is 4.79 Å². The van der Waals surface area contributed by atoms with Crippen molar-refractivity contribution < 1.29 is 4.79 Å². The van der Waals surface area contributed by atoms with Gasteiger partial charge >= 0.3 is 0 Å². The molecule has 0 bridgehead atoms. The van der Waals surface area contributed by atoms with Gasteiger partial charge in [-0.05, 0) is 33.2 Å². The molecular formula is C13H23ClN4O. The summed E-state index contributed by atoms with van der Waals surface area (Å²) >= 11 is 0. The predicted molar refractivity (Wildman–Crippen MR) is 77.4 cm³/mol. The third-order valence-electron chi connectivity index (χ3n) is 3.50. The summed E-state index contributed by atoms with van der Waals surface area (Å²) in [7, 11) is 1.90. The van der Waals surface area contributed by atoms with Gasteiger partial charge in [0.05, 0.1) is 17.8 Å². The first-order chi connectivity index (χ1) is 8.58. The summed E-state index contributed by atoms with van der Waals surface area (Å²) in [6.07, 6.45) is 5.20. The quantitative estimate of drug-likeness (QED) is 0.885. The number of nitrogens with one attached hydrogen (secondary N) is 2. The van der Waals surface area contributed by atoms with Gasteiger partial charge in [0.25, 0.3) is 0 Å². The van der Waals surface area contributed by atoms with Gasteiger partial charge in [-0.1, -0.05) is 6.42 Å². The molecule has 0 saturated carbocycles. The van der Waals surface area contributed by atoms with Crippen LogP contribution in [0.5, 0.6) is 0 Å². The van der Waals surface area contributed by atoms with E-state index in [0.29, 0.717) is 0 Å². The number of amides is 1. The van der Waals surface area contributed by atoms with Crippen LogP contribution < -0.4 is 10.6 Å². The van der Waals surface area contributed by atoms with Gasteiger partial charge in [0, 0.05) is 18.8 Å². The van der Waals surface area contributed by atoms with Crippen molar-refractivity contribution in [1.82, 2.24) is 20.4 Å². The highest BCUT2D eigenvalue weighted by Gasteiger charge is 2.23. The van der Waals surface area contributed by atoms with Crippen LogP contribution in [0.2, 0.25) is 0 Å². The number of halogens is 1.